The second-order valence-corrected chi connectivity index (χ2v) is 7.87. The van der Waals surface area contributed by atoms with Crippen LogP contribution in [0.15, 0.2) is 41.3 Å². The lowest BCUT2D eigenvalue weighted by molar-refractivity contribution is 0.0982. The molecule has 0 radical (unpaired) electrons. The Morgan fingerprint density at radius 3 is 2.30 bits per heavy atom. The number of hydrogen-bond acceptors (Lipinski definition) is 3. The van der Waals surface area contributed by atoms with Gasteiger partial charge in [0.25, 0.3) is 10.0 Å². The van der Waals surface area contributed by atoms with Crippen molar-refractivity contribution >= 4 is 21.5 Å². The molecule has 0 unspecified atom stereocenters. The largest absolute Gasteiger partial charge is 0.294 e. The summed E-state index contributed by atoms with van der Waals surface area (Å²) in [5.41, 5.74) is 3.65. The van der Waals surface area contributed by atoms with E-state index < -0.39 is 10.0 Å². The zero-order valence-electron chi connectivity index (χ0n) is 13.5. The van der Waals surface area contributed by atoms with E-state index in [-0.39, 0.29) is 18.7 Å². The van der Waals surface area contributed by atoms with E-state index >= 15 is 0 Å². The van der Waals surface area contributed by atoms with Crippen LogP contribution in [-0.2, 0) is 10.0 Å². The number of fused-ring (bicyclic) bond motifs is 1. The fraction of sp³-hybridized carbons (Fsp3) is 0.278. The monoisotopic (exact) mass is 329 g/mol. The van der Waals surface area contributed by atoms with Crippen LogP contribution < -0.4 is 4.31 Å². The smallest absolute Gasteiger partial charge is 0.264 e. The quantitative estimate of drug-likeness (QED) is 0.848. The molecule has 0 saturated heterocycles. The highest BCUT2D eigenvalue weighted by Gasteiger charge is 2.33. The number of benzene rings is 2. The molecule has 3 rings (SSSR count). The first-order chi connectivity index (χ1) is 10.8. The molecule has 0 fully saturated rings. The number of nitrogens with zero attached hydrogens (tertiary/aromatic N) is 1. The lowest BCUT2D eigenvalue weighted by atomic mass is 10.0. The fourth-order valence-corrected chi connectivity index (χ4v) is 4.70. The average Bonchev–Trinajstić information content (AvgIpc) is 2.47. The predicted molar refractivity (Wildman–Crippen MR) is 90.6 cm³/mol. The van der Waals surface area contributed by atoms with Crippen LogP contribution in [0.1, 0.15) is 33.5 Å². The van der Waals surface area contributed by atoms with Crippen LogP contribution >= 0.6 is 0 Å². The van der Waals surface area contributed by atoms with E-state index in [4.69, 9.17) is 0 Å². The number of sulfonamides is 1. The molecule has 0 spiro atoms. The molecular formula is C18H19NO3S. The summed E-state index contributed by atoms with van der Waals surface area (Å²) in [6.45, 7) is 5.81. The standard InChI is InChI=1S/C18H19NO3S/c1-12-5-7-18(14(3)10-12)23(21,22)19-9-8-17(20)15-11-13(2)4-6-16(15)19/h4-7,10-11H,8-9H2,1-3H3. The summed E-state index contributed by atoms with van der Waals surface area (Å²) in [6, 6.07) is 10.6. The van der Waals surface area contributed by atoms with Crippen molar-refractivity contribution in [2.75, 3.05) is 10.8 Å². The molecule has 5 heteroatoms. The lowest BCUT2D eigenvalue weighted by Gasteiger charge is -2.30. The number of carbonyl (C=O) groups excluding carboxylic acids is 1. The van der Waals surface area contributed by atoms with Gasteiger partial charge in [-0.15, -0.1) is 0 Å². The number of Topliss-reactive ketones (excluding diaryl/α,β-unsaturated/α-hetero) is 1. The molecule has 0 saturated carbocycles. The second-order valence-electron chi connectivity index (χ2n) is 6.04. The van der Waals surface area contributed by atoms with Crippen molar-refractivity contribution in [2.45, 2.75) is 32.1 Å². The zero-order chi connectivity index (χ0) is 16.8. The molecule has 120 valence electrons. The first-order valence-corrected chi connectivity index (χ1v) is 8.98. The third-order valence-corrected chi connectivity index (χ3v) is 6.14. The predicted octanol–water partition coefficient (Wildman–Crippen LogP) is 3.39. The normalized spacial score (nSPS) is 14.7. The maximum absolute atomic E-state index is 13.1. The van der Waals surface area contributed by atoms with Gasteiger partial charge in [-0.2, -0.15) is 0 Å². The molecule has 1 aliphatic rings. The summed E-state index contributed by atoms with van der Waals surface area (Å²) in [6.07, 6.45) is 0.209. The van der Waals surface area contributed by atoms with E-state index in [1.807, 2.05) is 26.0 Å². The Morgan fingerprint density at radius 2 is 1.61 bits per heavy atom. The second kappa shape index (κ2) is 5.49. The van der Waals surface area contributed by atoms with E-state index in [9.17, 15) is 13.2 Å². The third-order valence-electron chi connectivity index (χ3n) is 4.16. The number of aryl methyl sites for hydroxylation is 3. The molecule has 2 aromatic carbocycles. The molecule has 2 aromatic rings. The number of anilines is 1. The van der Waals surface area contributed by atoms with E-state index in [1.54, 1.807) is 31.2 Å². The van der Waals surface area contributed by atoms with Crippen LogP contribution in [0.4, 0.5) is 5.69 Å². The summed E-state index contributed by atoms with van der Waals surface area (Å²) < 4.78 is 27.5. The maximum Gasteiger partial charge on any atom is 0.264 e. The van der Waals surface area contributed by atoms with Gasteiger partial charge in [-0.1, -0.05) is 29.3 Å². The van der Waals surface area contributed by atoms with Crippen molar-refractivity contribution < 1.29 is 13.2 Å². The molecule has 0 amide bonds. The topological polar surface area (TPSA) is 54.5 Å². The van der Waals surface area contributed by atoms with Gasteiger partial charge in [0.05, 0.1) is 10.6 Å². The van der Waals surface area contributed by atoms with Gasteiger partial charge in [0.15, 0.2) is 5.78 Å². The average molecular weight is 329 g/mol. The van der Waals surface area contributed by atoms with E-state index in [0.29, 0.717) is 16.1 Å². The molecule has 1 aliphatic heterocycles. The highest BCUT2D eigenvalue weighted by Crippen LogP contribution is 2.33. The van der Waals surface area contributed by atoms with Crippen LogP contribution in [0.2, 0.25) is 0 Å². The van der Waals surface area contributed by atoms with Gasteiger partial charge in [0.1, 0.15) is 0 Å². The highest BCUT2D eigenvalue weighted by atomic mass is 32.2. The van der Waals surface area contributed by atoms with Crippen molar-refractivity contribution in [3.05, 3.63) is 58.7 Å². The maximum atomic E-state index is 13.1. The number of hydrogen-bond donors (Lipinski definition) is 0. The van der Waals surface area contributed by atoms with Crippen molar-refractivity contribution in [1.29, 1.82) is 0 Å². The number of ketones is 1. The van der Waals surface area contributed by atoms with Crippen LogP contribution in [0.5, 0.6) is 0 Å². The Kier molecular flexibility index (Phi) is 3.76. The Bertz CT molecular complexity index is 900. The minimum Gasteiger partial charge on any atom is -0.294 e. The van der Waals surface area contributed by atoms with Crippen LogP contribution in [0, 0.1) is 20.8 Å². The highest BCUT2D eigenvalue weighted by molar-refractivity contribution is 7.92. The molecule has 0 aliphatic carbocycles. The summed E-state index contributed by atoms with van der Waals surface area (Å²) in [7, 11) is -3.68. The van der Waals surface area contributed by atoms with Crippen molar-refractivity contribution in [3.8, 4) is 0 Å². The molecular weight excluding hydrogens is 310 g/mol. The number of carbonyl (C=O) groups is 1. The minimum atomic E-state index is -3.68. The first kappa shape index (κ1) is 15.7. The Labute approximate surface area is 136 Å². The molecule has 4 nitrogen and oxygen atoms in total. The van der Waals surface area contributed by atoms with E-state index in [2.05, 4.69) is 0 Å². The van der Waals surface area contributed by atoms with Gasteiger partial charge < -0.3 is 0 Å². The molecule has 0 N–H and O–H groups in total. The zero-order valence-corrected chi connectivity index (χ0v) is 14.3. The third kappa shape index (κ3) is 2.65. The summed E-state index contributed by atoms with van der Waals surface area (Å²) >= 11 is 0. The Hall–Kier alpha value is -2.14. The Morgan fingerprint density at radius 1 is 0.957 bits per heavy atom. The van der Waals surface area contributed by atoms with Gasteiger partial charge in [-0.3, -0.25) is 9.10 Å². The summed E-state index contributed by atoms with van der Waals surface area (Å²) in [5.74, 6) is -0.00391. The Balaban J connectivity index is 2.15. The van der Waals surface area contributed by atoms with Gasteiger partial charge in [-0.05, 0) is 44.5 Å². The molecule has 0 bridgehead atoms. The van der Waals surface area contributed by atoms with Crippen molar-refractivity contribution in [2.24, 2.45) is 0 Å². The molecule has 23 heavy (non-hydrogen) atoms. The van der Waals surface area contributed by atoms with Gasteiger partial charge >= 0.3 is 0 Å². The van der Waals surface area contributed by atoms with Crippen LogP contribution in [0.25, 0.3) is 0 Å². The fourth-order valence-electron chi connectivity index (χ4n) is 3.01. The SMILES string of the molecule is Cc1ccc(S(=O)(=O)N2CCC(=O)c3cc(C)ccc32)c(C)c1. The van der Waals surface area contributed by atoms with E-state index in [0.717, 1.165) is 16.7 Å². The summed E-state index contributed by atoms with van der Waals surface area (Å²) in [4.78, 5) is 12.4. The molecule has 1 heterocycles. The van der Waals surface area contributed by atoms with Crippen LogP contribution in [-0.4, -0.2) is 20.7 Å². The van der Waals surface area contributed by atoms with Gasteiger partial charge in [0, 0.05) is 18.5 Å². The van der Waals surface area contributed by atoms with Crippen molar-refractivity contribution in [1.82, 2.24) is 0 Å². The lowest BCUT2D eigenvalue weighted by Crippen LogP contribution is -2.37. The van der Waals surface area contributed by atoms with Gasteiger partial charge in [-0.25, -0.2) is 8.42 Å². The molecule has 0 aromatic heterocycles. The van der Waals surface area contributed by atoms with Crippen LogP contribution in [0.3, 0.4) is 0 Å². The minimum absolute atomic E-state index is 0.00391. The number of rotatable bonds is 2. The summed E-state index contributed by atoms with van der Waals surface area (Å²) in [5, 5.41) is 0. The van der Waals surface area contributed by atoms with Gasteiger partial charge in [0.2, 0.25) is 0 Å². The van der Waals surface area contributed by atoms with E-state index in [1.165, 1.54) is 4.31 Å². The first-order valence-electron chi connectivity index (χ1n) is 7.54. The molecule has 0 atom stereocenters. The van der Waals surface area contributed by atoms with Crippen molar-refractivity contribution in [3.63, 3.8) is 0 Å².